The average Bonchev–Trinajstić information content (AvgIpc) is 3.33. The molecule has 0 bridgehead atoms. The van der Waals surface area contributed by atoms with Gasteiger partial charge in [-0.25, -0.2) is 14.4 Å². The van der Waals surface area contributed by atoms with Crippen LogP contribution in [0.5, 0.6) is 0 Å². The first-order valence-electron chi connectivity index (χ1n) is 8.47. The normalized spacial score (nSPS) is 16.8. The van der Waals surface area contributed by atoms with Gasteiger partial charge in [0.15, 0.2) is 0 Å². The van der Waals surface area contributed by atoms with E-state index in [1.54, 1.807) is 23.2 Å². The van der Waals surface area contributed by atoms with Gasteiger partial charge in [0.05, 0.1) is 12.4 Å². The zero-order valence-electron chi connectivity index (χ0n) is 14.0. The van der Waals surface area contributed by atoms with Crippen molar-refractivity contribution in [3.63, 3.8) is 0 Å². The predicted molar refractivity (Wildman–Crippen MR) is 90.8 cm³/mol. The number of halogens is 1. The molecule has 1 amide bonds. The summed E-state index contributed by atoms with van der Waals surface area (Å²) < 4.78 is 18.9. The summed E-state index contributed by atoms with van der Waals surface area (Å²) in [4.78, 5) is 26.8. The van der Waals surface area contributed by atoms with Crippen molar-refractivity contribution in [2.45, 2.75) is 25.3 Å². The molecule has 1 saturated heterocycles. The van der Waals surface area contributed by atoms with Crippen LogP contribution < -0.4 is 0 Å². The summed E-state index contributed by atoms with van der Waals surface area (Å²) in [7, 11) is 0. The molecule has 26 heavy (non-hydrogen) atoms. The highest BCUT2D eigenvalue weighted by Crippen LogP contribution is 2.32. The number of aromatic nitrogens is 3. The molecule has 132 valence electrons. The quantitative estimate of drug-likeness (QED) is 0.721. The van der Waals surface area contributed by atoms with Gasteiger partial charge in [-0.1, -0.05) is 12.1 Å². The van der Waals surface area contributed by atoms with Gasteiger partial charge >= 0.3 is 0 Å². The molecule has 1 aliphatic heterocycles. The van der Waals surface area contributed by atoms with Gasteiger partial charge in [-0.05, 0) is 30.5 Å². The summed E-state index contributed by atoms with van der Waals surface area (Å²) >= 11 is 0. The van der Waals surface area contributed by atoms with E-state index >= 15 is 0 Å². The second-order valence-electron chi connectivity index (χ2n) is 6.22. The monoisotopic (exact) mass is 352 g/mol. The molecule has 0 spiro atoms. The van der Waals surface area contributed by atoms with E-state index in [2.05, 4.69) is 15.0 Å². The number of hydrogen-bond acceptors (Lipinski definition) is 5. The molecule has 0 radical (unpaired) electrons. The van der Waals surface area contributed by atoms with Crippen LogP contribution in [0.2, 0.25) is 0 Å². The highest BCUT2D eigenvalue weighted by atomic mass is 19.1. The second-order valence-corrected chi connectivity index (χ2v) is 6.22. The minimum atomic E-state index is -0.267. The summed E-state index contributed by atoms with van der Waals surface area (Å²) in [5.41, 5.74) is 1.26. The molecule has 6 nitrogen and oxygen atoms in total. The van der Waals surface area contributed by atoms with E-state index in [0.29, 0.717) is 30.3 Å². The molecule has 4 rings (SSSR count). The number of nitrogens with zero attached hydrogens (tertiary/aromatic N) is 4. The number of hydrogen-bond donors (Lipinski definition) is 0. The molecule has 7 heteroatoms. The second kappa shape index (κ2) is 7.03. The van der Waals surface area contributed by atoms with Crippen LogP contribution in [-0.4, -0.2) is 32.3 Å². The van der Waals surface area contributed by atoms with Crippen molar-refractivity contribution in [2.24, 2.45) is 0 Å². The SMILES string of the molecule is O=C(c1cnccn1)N1CCC[C@H]1c1ncc(Cc2ccc(F)cc2)o1. The first-order valence-corrected chi connectivity index (χ1v) is 8.47. The Morgan fingerprint density at radius 3 is 2.81 bits per heavy atom. The van der Waals surface area contributed by atoms with Crippen molar-refractivity contribution in [3.8, 4) is 0 Å². The van der Waals surface area contributed by atoms with Crippen LogP contribution in [0.25, 0.3) is 0 Å². The zero-order chi connectivity index (χ0) is 17.9. The van der Waals surface area contributed by atoms with E-state index in [1.165, 1.54) is 30.7 Å². The Bertz CT molecular complexity index is 895. The smallest absolute Gasteiger partial charge is 0.274 e. The van der Waals surface area contributed by atoms with E-state index in [0.717, 1.165) is 18.4 Å². The summed E-state index contributed by atoms with van der Waals surface area (Å²) in [6.07, 6.45) is 8.38. The highest BCUT2D eigenvalue weighted by molar-refractivity contribution is 5.92. The summed E-state index contributed by atoms with van der Waals surface area (Å²) in [6, 6.07) is 6.08. The third-order valence-electron chi connectivity index (χ3n) is 4.44. The number of likely N-dealkylation sites (tertiary alicyclic amines) is 1. The molecule has 1 aromatic carbocycles. The fraction of sp³-hybridized carbons (Fsp3) is 0.263. The third-order valence-corrected chi connectivity index (χ3v) is 4.44. The Morgan fingerprint density at radius 1 is 1.19 bits per heavy atom. The third kappa shape index (κ3) is 3.33. The Labute approximate surface area is 149 Å². The molecular weight excluding hydrogens is 335 g/mol. The van der Waals surface area contributed by atoms with Crippen LogP contribution in [0.4, 0.5) is 4.39 Å². The minimum Gasteiger partial charge on any atom is -0.443 e. The van der Waals surface area contributed by atoms with E-state index in [9.17, 15) is 9.18 Å². The molecule has 3 aromatic rings. The average molecular weight is 352 g/mol. The van der Waals surface area contributed by atoms with Crippen LogP contribution in [0, 0.1) is 5.82 Å². The van der Waals surface area contributed by atoms with Crippen molar-refractivity contribution in [2.75, 3.05) is 6.54 Å². The zero-order valence-corrected chi connectivity index (χ0v) is 14.0. The van der Waals surface area contributed by atoms with Crippen molar-refractivity contribution in [1.29, 1.82) is 0 Å². The standard InChI is InChI=1S/C19H17FN4O2/c20-14-5-3-13(4-6-14)10-15-11-23-18(26-15)17-2-1-9-24(17)19(25)16-12-21-7-8-22-16/h3-8,11-12,17H,1-2,9-10H2/t17-/m0/s1. The number of benzene rings is 1. The van der Waals surface area contributed by atoms with Crippen molar-refractivity contribution in [1.82, 2.24) is 19.9 Å². The topological polar surface area (TPSA) is 72.1 Å². The Hall–Kier alpha value is -3.09. The molecule has 3 heterocycles. The van der Waals surface area contributed by atoms with Gasteiger partial charge in [0.25, 0.3) is 5.91 Å². The molecule has 0 unspecified atom stereocenters. The number of carbonyl (C=O) groups is 1. The van der Waals surface area contributed by atoms with Gasteiger partial charge < -0.3 is 9.32 Å². The number of amides is 1. The van der Waals surface area contributed by atoms with Gasteiger partial charge in [0.1, 0.15) is 23.3 Å². The van der Waals surface area contributed by atoms with Gasteiger partial charge in [-0.2, -0.15) is 0 Å². The van der Waals surface area contributed by atoms with E-state index in [1.807, 2.05) is 0 Å². The van der Waals surface area contributed by atoms with Gasteiger partial charge in [0.2, 0.25) is 5.89 Å². The molecule has 1 atom stereocenters. The lowest BCUT2D eigenvalue weighted by atomic mass is 10.1. The number of oxazole rings is 1. The summed E-state index contributed by atoms with van der Waals surface area (Å²) in [6.45, 7) is 0.635. The lowest BCUT2D eigenvalue weighted by Gasteiger charge is -2.21. The fourth-order valence-electron chi connectivity index (χ4n) is 3.19. The number of carbonyl (C=O) groups excluding carboxylic acids is 1. The Morgan fingerprint density at radius 2 is 2.04 bits per heavy atom. The van der Waals surface area contributed by atoms with Crippen LogP contribution in [0.1, 0.15) is 46.6 Å². The highest BCUT2D eigenvalue weighted by Gasteiger charge is 2.34. The van der Waals surface area contributed by atoms with E-state index < -0.39 is 0 Å². The molecule has 0 N–H and O–H groups in total. The van der Waals surface area contributed by atoms with E-state index in [-0.39, 0.29) is 17.8 Å². The Balaban J connectivity index is 1.51. The number of rotatable bonds is 4. The first kappa shape index (κ1) is 16.4. The van der Waals surface area contributed by atoms with Crippen LogP contribution in [-0.2, 0) is 6.42 Å². The van der Waals surface area contributed by atoms with Crippen LogP contribution in [0.3, 0.4) is 0 Å². The lowest BCUT2D eigenvalue weighted by molar-refractivity contribution is 0.0708. The van der Waals surface area contributed by atoms with Gasteiger partial charge in [-0.15, -0.1) is 0 Å². The van der Waals surface area contributed by atoms with Gasteiger partial charge in [0, 0.05) is 25.4 Å². The molecule has 2 aromatic heterocycles. The molecule has 0 aliphatic carbocycles. The lowest BCUT2D eigenvalue weighted by Crippen LogP contribution is -2.31. The van der Waals surface area contributed by atoms with Crippen molar-refractivity contribution in [3.05, 3.63) is 77.8 Å². The maximum Gasteiger partial charge on any atom is 0.274 e. The molecule has 0 saturated carbocycles. The van der Waals surface area contributed by atoms with Crippen LogP contribution >= 0.6 is 0 Å². The fourth-order valence-corrected chi connectivity index (χ4v) is 3.19. The Kier molecular flexibility index (Phi) is 4.43. The van der Waals surface area contributed by atoms with E-state index in [4.69, 9.17) is 4.42 Å². The van der Waals surface area contributed by atoms with Crippen molar-refractivity contribution >= 4 is 5.91 Å². The van der Waals surface area contributed by atoms with Crippen LogP contribution in [0.15, 0.2) is 53.5 Å². The predicted octanol–water partition coefficient (Wildman–Crippen LogP) is 3.17. The largest absolute Gasteiger partial charge is 0.443 e. The minimum absolute atomic E-state index is 0.168. The maximum absolute atomic E-state index is 13.0. The maximum atomic E-state index is 13.0. The summed E-state index contributed by atoms with van der Waals surface area (Å²) in [5, 5.41) is 0. The summed E-state index contributed by atoms with van der Waals surface area (Å²) in [5.74, 6) is 0.775. The van der Waals surface area contributed by atoms with Gasteiger partial charge in [-0.3, -0.25) is 9.78 Å². The first-order chi connectivity index (χ1) is 12.7. The van der Waals surface area contributed by atoms with Crippen molar-refractivity contribution < 1.29 is 13.6 Å². The molecule has 1 fully saturated rings. The molecular formula is C19H17FN4O2. The molecule has 1 aliphatic rings.